The maximum Gasteiger partial charge on any atom is 0.413 e. The maximum atomic E-state index is 12.1. The van der Waals surface area contributed by atoms with Gasteiger partial charge in [0.05, 0.1) is 12.4 Å². The highest BCUT2D eigenvalue weighted by Crippen LogP contribution is 2.32. The van der Waals surface area contributed by atoms with E-state index < -0.39 is 6.09 Å². The first-order valence-electron chi connectivity index (χ1n) is 7.73. The van der Waals surface area contributed by atoms with Crippen LogP contribution in [0.4, 0.5) is 15.6 Å². The van der Waals surface area contributed by atoms with Crippen molar-refractivity contribution in [2.75, 3.05) is 36.2 Å². The third kappa shape index (κ3) is 4.99. The van der Waals surface area contributed by atoms with Crippen LogP contribution in [-0.2, 0) is 9.53 Å². The van der Waals surface area contributed by atoms with Crippen LogP contribution >= 0.6 is 23.1 Å². The van der Waals surface area contributed by atoms with E-state index in [1.165, 1.54) is 23.1 Å². The lowest BCUT2D eigenvalue weighted by atomic mass is 10.2. The van der Waals surface area contributed by atoms with E-state index >= 15 is 0 Å². The normalized spacial score (nSPS) is 12.3. The van der Waals surface area contributed by atoms with Crippen molar-refractivity contribution in [3.63, 3.8) is 0 Å². The van der Waals surface area contributed by atoms with Gasteiger partial charge in [0, 0.05) is 11.8 Å². The molecular weight excluding hydrogens is 380 g/mol. The summed E-state index contributed by atoms with van der Waals surface area (Å²) >= 11 is 2.39. The molecule has 0 atom stereocenters. The molecule has 0 fully saturated rings. The van der Waals surface area contributed by atoms with Gasteiger partial charge in [0.1, 0.15) is 13.2 Å². The fourth-order valence-electron chi connectivity index (χ4n) is 2.02. The standard InChI is InChI=1S/C15H16N4O5S2/c1-2-22-14(21)17-13-18-19-15(26-13)25-8-12(20)16-9-3-4-10-11(7-9)24-6-5-23-10/h3-4,7H,2,5-6,8H2,1H3,(H,16,20)(H,17,18,21). The van der Waals surface area contributed by atoms with Gasteiger partial charge in [-0.1, -0.05) is 23.1 Å². The van der Waals surface area contributed by atoms with E-state index in [-0.39, 0.29) is 18.3 Å². The quantitative estimate of drug-likeness (QED) is 0.566. The molecular formula is C15H16N4O5S2. The molecule has 0 saturated heterocycles. The number of benzene rings is 1. The lowest BCUT2D eigenvalue weighted by Gasteiger charge is -2.18. The van der Waals surface area contributed by atoms with Crippen LogP contribution in [0.15, 0.2) is 22.5 Å². The lowest BCUT2D eigenvalue weighted by molar-refractivity contribution is -0.113. The summed E-state index contributed by atoms with van der Waals surface area (Å²) in [6.45, 7) is 2.98. The Balaban J connectivity index is 1.48. The summed E-state index contributed by atoms with van der Waals surface area (Å²) in [6, 6.07) is 5.24. The van der Waals surface area contributed by atoms with Gasteiger partial charge in [-0.05, 0) is 19.1 Å². The van der Waals surface area contributed by atoms with Crippen LogP contribution in [0.1, 0.15) is 6.92 Å². The van der Waals surface area contributed by atoms with E-state index in [0.29, 0.717) is 39.9 Å². The molecule has 26 heavy (non-hydrogen) atoms. The minimum absolute atomic E-state index is 0.155. The van der Waals surface area contributed by atoms with Crippen molar-refractivity contribution in [2.45, 2.75) is 11.3 Å². The van der Waals surface area contributed by atoms with Crippen molar-refractivity contribution in [1.82, 2.24) is 10.2 Å². The summed E-state index contributed by atoms with van der Waals surface area (Å²) in [6.07, 6.45) is -0.587. The molecule has 0 saturated carbocycles. The van der Waals surface area contributed by atoms with Gasteiger partial charge in [-0.3, -0.25) is 10.1 Å². The molecule has 2 aromatic rings. The van der Waals surface area contributed by atoms with Crippen LogP contribution in [0.5, 0.6) is 11.5 Å². The van der Waals surface area contributed by atoms with Crippen LogP contribution in [0, 0.1) is 0 Å². The molecule has 2 N–H and O–H groups in total. The van der Waals surface area contributed by atoms with Crippen LogP contribution < -0.4 is 20.1 Å². The van der Waals surface area contributed by atoms with E-state index in [9.17, 15) is 9.59 Å². The highest BCUT2D eigenvalue weighted by molar-refractivity contribution is 8.01. The van der Waals surface area contributed by atoms with Gasteiger partial charge in [-0.15, -0.1) is 10.2 Å². The topological polar surface area (TPSA) is 112 Å². The van der Waals surface area contributed by atoms with Gasteiger partial charge in [0.2, 0.25) is 11.0 Å². The summed E-state index contributed by atoms with van der Waals surface area (Å²) in [5.41, 5.74) is 0.627. The average molecular weight is 396 g/mol. The van der Waals surface area contributed by atoms with Gasteiger partial charge in [0.15, 0.2) is 15.8 Å². The molecule has 3 rings (SSSR count). The number of nitrogens with one attached hydrogen (secondary N) is 2. The number of ether oxygens (including phenoxy) is 3. The van der Waals surface area contributed by atoms with Crippen molar-refractivity contribution in [2.24, 2.45) is 0 Å². The molecule has 1 aromatic carbocycles. The number of hydrogen-bond acceptors (Lipinski definition) is 9. The predicted octanol–water partition coefficient (Wildman–Crippen LogP) is 2.61. The minimum Gasteiger partial charge on any atom is -0.486 e. The Morgan fingerprint density at radius 2 is 2.04 bits per heavy atom. The molecule has 1 aliphatic heterocycles. The fourth-order valence-corrected chi connectivity index (χ4v) is 3.56. The molecule has 2 heterocycles. The molecule has 0 unspecified atom stereocenters. The summed E-state index contributed by atoms with van der Waals surface area (Å²) in [7, 11) is 0. The lowest BCUT2D eigenvalue weighted by Crippen LogP contribution is -2.17. The van der Waals surface area contributed by atoms with E-state index in [1.807, 2.05) is 0 Å². The van der Waals surface area contributed by atoms with E-state index in [2.05, 4.69) is 20.8 Å². The number of aromatic nitrogens is 2. The zero-order valence-electron chi connectivity index (χ0n) is 13.8. The molecule has 0 aliphatic carbocycles. The van der Waals surface area contributed by atoms with E-state index in [4.69, 9.17) is 14.2 Å². The predicted molar refractivity (Wildman–Crippen MR) is 97.3 cm³/mol. The number of carbonyl (C=O) groups excluding carboxylic acids is 2. The number of nitrogens with zero attached hydrogens (tertiary/aromatic N) is 2. The highest BCUT2D eigenvalue weighted by atomic mass is 32.2. The molecule has 2 amide bonds. The number of anilines is 2. The molecule has 0 bridgehead atoms. The second-order valence-electron chi connectivity index (χ2n) is 4.91. The number of hydrogen-bond donors (Lipinski definition) is 2. The average Bonchev–Trinajstić information content (AvgIpc) is 3.07. The Labute approximate surface area is 157 Å². The number of amides is 2. The highest BCUT2D eigenvalue weighted by Gasteiger charge is 2.14. The van der Waals surface area contributed by atoms with Crippen LogP contribution in [0.25, 0.3) is 0 Å². The van der Waals surface area contributed by atoms with Crippen molar-refractivity contribution in [1.29, 1.82) is 0 Å². The fraction of sp³-hybridized carbons (Fsp3) is 0.333. The summed E-state index contributed by atoms with van der Waals surface area (Å²) in [5.74, 6) is 1.24. The largest absolute Gasteiger partial charge is 0.486 e. The molecule has 138 valence electrons. The maximum absolute atomic E-state index is 12.1. The smallest absolute Gasteiger partial charge is 0.413 e. The Kier molecular flexibility index (Phi) is 6.12. The third-order valence-corrected chi connectivity index (χ3v) is 5.02. The Hall–Kier alpha value is -2.53. The zero-order chi connectivity index (χ0) is 18.4. The third-order valence-electron chi connectivity index (χ3n) is 3.04. The number of thioether (sulfide) groups is 1. The van der Waals surface area contributed by atoms with Crippen molar-refractivity contribution < 1.29 is 23.8 Å². The first-order valence-corrected chi connectivity index (χ1v) is 9.54. The molecule has 0 radical (unpaired) electrons. The van der Waals surface area contributed by atoms with E-state index in [1.54, 1.807) is 25.1 Å². The molecule has 0 spiro atoms. The SMILES string of the molecule is CCOC(=O)Nc1nnc(SCC(=O)Nc2ccc3c(c2)OCCO3)s1. The van der Waals surface area contributed by atoms with E-state index in [0.717, 1.165) is 0 Å². The van der Waals surface area contributed by atoms with Gasteiger partial charge in [0.25, 0.3) is 0 Å². The minimum atomic E-state index is -0.587. The van der Waals surface area contributed by atoms with Crippen molar-refractivity contribution >= 4 is 45.9 Å². The van der Waals surface area contributed by atoms with Crippen molar-refractivity contribution in [3.8, 4) is 11.5 Å². The first kappa shape index (κ1) is 18.3. The zero-order valence-corrected chi connectivity index (χ0v) is 15.4. The molecule has 1 aliphatic rings. The van der Waals surface area contributed by atoms with Gasteiger partial charge < -0.3 is 19.5 Å². The van der Waals surface area contributed by atoms with Crippen molar-refractivity contribution in [3.05, 3.63) is 18.2 Å². The van der Waals surface area contributed by atoms with Gasteiger partial charge >= 0.3 is 6.09 Å². The Morgan fingerprint density at radius 3 is 2.85 bits per heavy atom. The molecule has 1 aromatic heterocycles. The monoisotopic (exact) mass is 396 g/mol. The number of rotatable bonds is 6. The summed E-state index contributed by atoms with van der Waals surface area (Å²) in [5, 5.41) is 13.3. The Morgan fingerprint density at radius 1 is 1.23 bits per heavy atom. The number of fused-ring (bicyclic) bond motifs is 1. The Bertz CT molecular complexity index is 798. The van der Waals surface area contributed by atoms with Crippen LogP contribution in [-0.4, -0.2) is 47.8 Å². The van der Waals surface area contributed by atoms with Crippen LogP contribution in [0.3, 0.4) is 0 Å². The first-order chi connectivity index (χ1) is 12.6. The second kappa shape index (κ2) is 8.72. The number of carbonyl (C=O) groups is 2. The second-order valence-corrected chi connectivity index (χ2v) is 7.11. The summed E-state index contributed by atoms with van der Waals surface area (Å²) < 4.78 is 16.2. The molecule has 11 heteroatoms. The molecule has 9 nitrogen and oxygen atoms in total. The summed E-state index contributed by atoms with van der Waals surface area (Å²) in [4.78, 5) is 23.4. The van der Waals surface area contributed by atoms with Crippen LogP contribution in [0.2, 0.25) is 0 Å². The van der Waals surface area contributed by atoms with Gasteiger partial charge in [-0.25, -0.2) is 4.79 Å². The van der Waals surface area contributed by atoms with Gasteiger partial charge in [-0.2, -0.15) is 0 Å².